The first-order valence-corrected chi connectivity index (χ1v) is 33.9. The maximum atomic E-state index is 12.9. The van der Waals surface area contributed by atoms with Gasteiger partial charge in [-0.05, 0) is 103 Å². The zero-order valence-corrected chi connectivity index (χ0v) is 51.9. The molecule has 0 fully saturated rings. The Morgan fingerprint density at radius 1 is 0.269 bits per heavy atom. The zero-order chi connectivity index (χ0) is 56.4. The van der Waals surface area contributed by atoms with E-state index in [2.05, 4.69) is 93.7 Å². The van der Waals surface area contributed by atoms with Crippen LogP contribution in [0, 0.1) is 0 Å². The van der Waals surface area contributed by atoms with Gasteiger partial charge in [0.25, 0.3) is 0 Å². The first-order chi connectivity index (χ1) is 38.5. The van der Waals surface area contributed by atoms with Gasteiger partial charge in [0.1, 0.15) is 13.2 Å². The maximum absolute atomic E-state index is 12.9. The first-order valence-electron chi connectivity index (χ1n) is 33.9. The van der Waals surface area contributed by atoms with Crippen LogP contribution in [0.4, 0.5) is 0 Å². The average molecular weight is 1090 g/mol. The second kappa shape index (κ2) is 66.4. The first kappa shape index (κ1) is 74.8. The monoisotopic (exact) mass is 1090 g/mol. The van der Waals surface area contributed by atoms with Crippen LogP contribution in [0.5, 0.6) is 0 Å². The van der Waals surface area contributed by atoms with Crippen LogP contribution in [0.2, 0.25) is 0 Å². The molecule has 0 rings (SSSR count). The molecule has 0 heterocycles. The maximum Gasteiger partial charge on any atom is 0.306 e. The average Bonchev–Trinajstić information content (AvgIpc) is 3.44. The van der Waals surface area contributed by atoms with Gasteiger partial charge in [-0.2, -0.15) is 0 Å². The normalized spacial score (nSPS) is 12.5. The summed E-state index contributed by atoms with van der Waals surface area (Å²) < 4.78 is 16.9. The van der Waals surface area contributed by atoms with Crippen LogP contribution >= 0.6 is 0 Å². The molecule has 0 aromatic carbocycles. The highest BCUT2D eigenvalue weighted by Crippen LogP contribution is 2.17. The Morgan fingerprint density at radius 3 is 0.833 bits per heavy atom. The highest BCUT2D eigenvalue weighted by molar-refractivity contribution is 5.71. The van der Waals surface area contributed by atoms with E-state index in [-0.39, 0.29) is 31.1 Å². The van der Waals surface area contributed by atoms with Crippen molar-refractivity contribution in [1.29, 1.82) is 0 Å². The third kappa shape index (κ3) is 63.7. The van der Waals surface area contributed by atoms with Gasteiger partial charge in [-0.1, -0.05) is 299 Å². The summed E-state index contributed by atoms with van der Waals surface area (Å²) in [6.07, 6.45) is 86.5. The molecule has 1 atom stereocenters. The van der Waals surface area contributed by atoms with Gasteiger partial charge < -0.3 is 14.2 Å². The number of esters is 3. The molecule has 0 saturated heterocycles. The van der Waals surface area contributed by atoms with Gasteiger partial charge in [0.2, 0.25) is 0 Å². The lowest BCUT2D eigenvalue weighted by Crippen LogP contribution is -2.30. The Bertz CT molecular complexity index is 1440. The molecular formula is C72H128O6. The van der Waals surface area contributed by atoms with Crippen molar-refractivity contribution in [3.63, 3.8) is 0 Å². The number of carbonyl (C=O) groups excluding carboxylic acids is 3. The lowest BCUT2D eigenvalue weighted by Gasteiger charge is -2.18. The van der Waals surface area contributed by atoms with Crippen LogP contribution in [-0.4, -0.2) is 37.2 Å². The molecule has 0 radical (unpaired) electrons. The molecule has 452 valence electrons. The van der Waals surface area contributed by atoms with Crippen molar-refractivity contribution in [3.8, 4) is 0 Å². The molecule has 0 spiro atoms. The van der Waals surface area contributed by atoms with E-state index in [0.717, 1.165) is 116 Å². The zero-order valence-electron chi connectivity index (χ0n) is 51.9. The van der Waals surface area contributed by atoms with Gasteiger partial charge in [0.15, 0.2) is 6.10 Å². The molecule has 1 unspecified atom stereocenters. The van der Waals surface area contributed by atoms with Crippen molar-refractivity contribution in [3.05, 3.63) is 72.9 Å². The number of hydrogen-bond acceptors (Lipinski definition) is 6. The van der Waals surface area contributed by atoms with Crippen LogP contribution in [0.25, 0.3) is 0 Å². The second-order valence-corrected chi connectivity index (χ2v) is 22.7. The molecule has 0 N–H and O–H groups in total. The number of hydrogen-bond donors (Lipinski definition) is 0. The van der Waals surface area contributed by atoms with Crippen molar-refractivity contribution in [2.24, 2.45) is 0 Å². The molecule has 0 aromatic heterocycles. The van der Waals surface area contributed by atoms with Crippen LogP contribution in [0.15, 0.2) is 72.9 Å². The lowest BCUT2D eigenvalue weighted by molar-refractivity contribution is -0.167. The summed E-state index contributed by atoms with van der Waals surface area (Å²) in [7, 11) is 0. The van der Waals surface area contributed by atoms with Gasteiger partial charge >= 0.3 is 17.9 Å². The van der Waals surface area contributed by atoms with E-state index in [0.29, 0.717) is 19.3 Å². The highest BCUT2D eigenvalue weighted by atomic mass is 16.6. The lowest BCUT2D eigenvalue weighted by atomic mass is 10.0. The SMILES string of the molecule is CC/C=C\C/C=C\C/C=C\CCCCCCCC(=O)OC(COC(=O)CCCCCCC/C=C\C/C=C\CCCC)COC(=O)CCCCCCCCCCCCCCCCCCCCC/C=C\CCCCCCCCCC. The molecule has 0 saturated carbocycles. The van der Waals surface area contributed by atoms with Gasteiger partial charge in [-0.25, -0.2) is 0 Å². The minimum absolute atomic E-state index is 0.0846. The molecule has 0 aromatic rings. The summed E-state index contributed by atoms with van der Waals surface area (Å²) >= 11 is 0. The third-order valence-electron chi connectivity index (χ3n) is 14.9. The van der Waals surface area contributed by atoms with Gasteiger partial charge in [-0.15, -0.1) is 0 Å². The van der Waals surface area contributed by atoms with E-state index in [1.165, 1.54) is 193 Å². The summed E-state index contributed by atoms with van der Waals surface area (Å²) in [6.45, 7) is 6.50. The Morgan fingerprint density at radius 2 is 0.513 bits per heavy atom. The van der Waals surface area contributed by atoms with E-state index in [4.69, 9.17) is 14.2 Å². The Labute approximate surface area is 484 Å². The van der Waals surface area contributed by atoms with E-state index in [1.54, 1.807) is 0 Å². The number of unbranched alkanes of at least 4 members (excludes halogenated alkanes) is 39. The van der Waals surface area contributed by atoms with Gasteiger partial charge in [0.05, 0.1) is 0 Å². The standard InChI is InChI=1S/C72H128O6/c1-4-7-10-13-16-19-22-25-28-29-30-31-32-33-34-35-36-37-38-39-40-41-42-43-45-47-50-53-56-59-62-65-71(74)77-68-69(67-76-70(73)64-61-58-55-52-49-46-27-24-21-18-15-12-9-6-3)78-72(75)66-63-60-57-54-51-48-44-26-23-20-17-14-11-8-5-2/h8,11,15,17-18,20,24,26-27,29-30,44,69H,4-7,9-10,12-14,16,19,21-23,25,28,31-43,45-68H2,1-3H3/b11-8-,18-15-,20-17-,27-24-,30-29-,44-26-. The Kier molecular flexibility index (Phi) is 63.7. The number of rotatable bonds is 62. The number of ether oxygens (including phenoxy) is 3. The largest absolute Gasteiger partial charge is 0.462 e. The molecule has 0 aliphatic carbocycles. The molecule has 0 bridgehead atoms. The van der Waals surface area contributed by atoms with Crippen LogP contribution in [0.3, 0.4) is 0 Å². The van der Waals surface area contributed by atoms with Crippen LogP contribution in [0.1, 0.15) is 348 Å². The molecule has 0 amide bonds. The van der Waals surface area contributed by atoms with Crippen molar-refractivity contribution < 1.29 is 28.6 Å². The van der Waals surface area contributed by atoms with E-state index in [9.17, 15) is 14.4 Å². The Balaban J connectivity index is 4.17. The minimum Gasteiger partial charge on any atom is -0.462 e. The van der Waals surface area contributed by atoms with Crippen molar-refractivity contribution in [2.75, 3.05) is 13.2 Å². The van der Waals surface area contributed by atoms with Gasteiger partial charge in [-0.3, -0.25) is 14.4 Å². The summed E-state index contributed by atoms with van der Waals surface area (Å²) in [4.78, 5) is 38.3. The summed E-state index contributed by atoms with van der Waals surface area (Å²) in [5.74, 6) is -0.901. The third-order valence-corrected chi connectivity index (χ3v) is 14.9. The minimum atomic E-state index is -0.790. The second-order valence-electron chi connectivity index (χ2n) is 22.7. The summed E-state index contributed by atoms with van der Waals surface area (Å²) in [5.41, 5.74) is 0. The number of carbonyl (C=O) groups is 3. The van der Waals surface area contributed by atoms with E-state index in [1.807, 2.05) is 0 Å². The molecule has 0 aliphatic heterocycles. The Hall–Kier alpha value is -3.15. The highest BCUT2D eigenvalue weighted by Gasteiger charge is 2.19. The van der Waals surface area contributed by atoms with E-state index >= 15 is 0 Å². The molecule has 6 heteroatoms. The molecule has 78 heavy (non-hydrogen) atoms. The fourth-order valence-corrected chi connectivity index (χ4v) is 9.82. The van der Waals surface area contributed by atoms with E-state index < -0.39 is 6.10 Å². The summed E-state index contributed by atoms with van der Waals surface area (Å²) in [6, 6.07) is 0. The fourth-order valence-electron chi connectivity index (χ4n) is 9.82. The van der Waals surface area contributed by atoms with Crippen molar-refractivity contribution >= 4 is 17.9 Å². The predicted molar refractivity (Wildman–Crippen MR) is 339 cm³/mol. The van der Waals surface area contributed by atoms with Crippen molar-refractivity contribution in [2.45, 2.75) is 354 Å². The fraction of sp³-hybridized carbons (Fsp3) is 0.792. The van der Waals surface area contributed by atoms with Crippen LogP contribution < -0.4 is 0 Å². The number of allylic oxidation sites excluding steroid dienone is 12. The molecule has 0 aliphatic rings. The van der Waals surface area contributed by atoms with Crippen LogP contribution in [-0.2, 0) is 28.6 Å². The van der Waals surface area contributed by atoms with Crippen molar-refractivity contribution in [1.82, 2.24) is 0 Å². The molecule has 6 nitrogen and oxygen atoms in total. The topological polar surface area (TPSA) is 78.9 Å². The summed E-state index contributed by atoms with van der Waals surface area (Å²) in [5, 5.41) is 0. The quantitative estimate of drug-likeness (QED) is 0.0261. The van der Waals surface area contributed by atoms with Gasteiger partial charge in [0, 0.05) is 19.3 Å². The smallest absolute Gasteiger partial charge is 0.306 e. The predicted octanol–water partition coefficient (Wildman–Crippen LogP) is 23.3. The molecular weight excluding hydrogens is 961 g/mol.